The van der Waals surface area contributed by atoms with Crippen LogP contribution in [0.3, 0.4) is 0 Å². The first-order valence-corrected chi connectivity index (χ1v) is 8.69. The van der Waals surface area contributed by atoms with Crippen molar-refractivity contribution < 1.29 is 14.3 Å². The van der Waals surface area contributed by atoms with Crippen molar-refractivity contribution in [2.75, 3.05) is 19.6 Å². The molecule has 4 heterocycles. The summed E-state index contributed by atoms with van der Waals surface area (Å²) in [6, 6.07) is 5.61. The standard InChI is InChI=1S/C17H19N7O3/c1-22-16(12(11-19-22)15(25)23-8-4-9-23)27-17(26)18-7-6-13-20-14-5-2-3-10-24(14)21-13/h2-3,5,10-11H,4,6-9H2,1H3,(H,18,26). The predicted molar refractivity (Wildman–Crippen MR) is 94.4 cm³/mol. The number of aryl methyl sites for hydroxylation is 1. The highest BCUT2D eigenvalue weighted by atomic mass is 16.6. The molecule has 140 valence electrons. The van der Waals surface area contributed by atoms with Crippen LogP contribution in [0.1, 0.15) is 22.6 Å². The molecule has 0 unspecified atom stereocenters. The average Bonchev–Trinajstić information content (AvgIpc) is 3.17. The molecule has 4 rings (SSSR count). The zero-order valence-electron chi connectivity index (χ0n) is 14.8. The lowest BCUT2D eigenvalue weighted by molar-refractivity contribution is 0.0648. The lowest BCUT2D eigenvalue weighted by atomic mass is 10.2. The van der Waals surface area contributed by atoms with Gasteiger partial charge in [0.05, 0.1) is 6.20 Å². The van der Waals surface area contributed by atoms with E-state index in [4.69, 9.17) is 4.74 Å². The van der Waals surface area contributed by atoms with Gasteiger partial charge in [0.15, 0.2) is 11.5 Å². The van der Waals surface area contributed by atoms with Gasteiger partial charge in [-0.05, 0) is 18.6 Å². The van der Waals surface area contributed by atoms with Crippen molar-refractivity contribution >= 4 is 17.6 Å². The molecule has 0 saturated carbocycles. The van der Waals surface area contributed by atoms with Crippen LogP contribution in [-0.4, -0.2) is 60.9 Å². The van der Waals surface area contributed by atoms with Crippen molar-refractivity contribution in [2.24, 2.45) is 7.05 Å². The number of rotatable bonds is 5. The SMILES string of the molecule is Cn1ncc(C(=O)N2CCC2)c1OC(=O)NCCc1nc2ccccn2n1. The molecule has 27 heavy (non-hydrogen) atoms. The minimum Gasteiger partial charge on any atom is -0.391 e. The second-order valence-corrected chi connectivity index (χ2v) is 6.23. The van der Waals surface area contributed by atoms with Crippen molar-refractivity contribution in [1.82, 2.24) is 34.6 Å². The molecule has 10 heteroatoms. The van der Waals surface area contributed by atoms with E-state index >= 15 is 0 Å². The van der Waals surface area contributed by atoms with E-state index in [1.807, 2.05) is 24.4 Å². The summed E-state index contributed by atoms with van der Waals surface area (Å²) in [5, 5.41) is 11.0. The van der Waals surface area contributed by atoms with Gasteiger partial charge in [-0.1, -0.05) is 6.07 Å². The monoisotopic (exact) mass is 369 g/mol. The number of fused-ring (bicyclic) bond motifs is 1. The summed E-state index contributed by atoms with van der Waals surface area (Å²) < 4.78 is 8.36. The molecule has 2 amide bonds. The number of carbonyl (C=O) groups excluding carboxylic acids is 2. The zero-order chi connectivity index (χ0) is 18.8. The Morgan fingerprint density at radius 2 is 2.15 bits per heavy atom. The van der Waals surface area contributed by atoms with Gasteiger partial charge in [0.1, 0.15) is 5.56 Å². The molecule has 3 aromatic heterocycles. The molecule has 0 atom stereocenters. The molecular weight excluding hydrogens is 350 g/mol. The van der Waals surface area contributed by atoms with Crippen LogP contribution in [0.15, 0.2) is 30.6 Å². The van der Waals surface area contributed by atoms with Crippen LogP contribution < -0.4 is 10.1 Å². The third kappa shape index (κ3) is 3.46. The summed E-state index contributed by atoms with van der Waals surface area (Å²) in [5.74, 6) is 0.581. The van der Waals surface area contributed by atoms with E-state index in [1.54, 1.807) is 16.5 Å². The first-order chi connectivity index (χ1) is 13.1. The Kier molecular flexibility index (Phi) is 4.45. The quantitative estimate of drug-likeness (QED) is 0.707. The smallest absolute Gasteiger partial charge is 0.391 e. The maximum Gasteiger partial charge on any atom is 0.413 e. The highest BCUT2D eigenvalue weighted by Crippen LogP contribution is 2.21. The van der Waals surface area contributed by atoms with Crippen LogP contribution >= 0.6 is 0 Å². The molecule has 0 aliphatic carbocycles. The molecular formula is C17H19N7O3. The molecule has 1 aliphatic heterocycles. The van der Waals surface area contributed by atoms with Crippen LogP contribution in [0.2, 0.25) is 0 Å². The van der Waals surface area contributed by atoms with E-state index < -0.39 is 6.09 Å². The van der Waals surface area contributed by atoms with Crippen molar-refractivity contribution in [2.45, 2.75) is 12.8 Å². The minimum absolute atomic E-state index is 0.134. The fraction of sp³-hybridized carbons (Fsp3) is 0.353. The van der Waals surface area contributed by atoms with E-state index in [0.29, 0.717) is 31.9 Å². The Hall–Kier alpha value is -3.43. The van der Waals surface area contributed by atoms with Crippen LogP contribution in [-0.2, 0) is 13.5 Å². The topological polar surface area (TPSA) is 107 Å². The van der Waals surface area contributed by atoms with E-state index in [0.717, 1.165) is 12.1 Å². The van der Waals surface area contributed by atoms with Gasteiger partial charge in [-0.25, -0.2) is 19.0 Å². The number of hydrogen-bond donors (Lipinski definition) is 1. The van der Waals surface area contributed by atoms with Gasteiger partial charge < -0.3 is 15.0 Å². The lowest BCUT2D eigenvalue weighted by Crippen LogP contribution is -2.42. The summed E-state index contributed by atoms with van der Waals surface area (Å²) in [5.41, 5.74) is 1.04. The second kappa shape index (κ2) is 7.06. The maximum atomic E-state index is 12.4. The van der Waals surface area contributed by atoms with Crippen molar-refractivity contribution in [1.29, 1.82) is 0 Å². The summed E-state index contributed by atoms with van der Waals surface area (Å²) in [6.07, 6.45) is 4.03. The Labute approximate surface area is 154 Å². The lowest BCUT2D eigenvalue weighted by Gasteiger charge is -2.30. The summed E-state index contributed by atoms with van der Waals surface area (Å²) in [7, 11) is 1.62. The first-order valence-electron chi connectivity index (χ1n) is 8.69. The largest absolute Gasteiger partial charge is 0.413 e. The van der Waals surface area contributed by atoms with Crippen LogP contribution in [0, 0.1) is 0 Å². The number of aromatic nitrogens is 5. The van der Waals surface area contributed by atoms with Gasteiger partial charge in [-0.15, -0.1) is 0 Å². The van der Waals surface area contributed by atoms with E-state index in [-0.39, 0.29) is 17.4 Å². The molecule has 10 nitrogen and oxygen atoms in total. The number of hydrogen-bond acceptors (Lipinski definition) is 6. The molecule has 0 bridgehead atoms. The number of pyridine rings is 1. The van der Waals surface area contributed by atoms with E-state index in [2.05, 4.69) is 20.5 Å². The third-order valence-electron chi connectivity index (χ3n) is 4.35. The summed E-state index contributed by atoms with van der Waals surface area (Å²) >= 11 is 0. The normalized spacial score (nSPS) is 13.4. The number of likely N-dealkylation sites (tertiary alicyclic amines) is 1. The predicted octanol–water partition coefficient (Wildman–Crippen LogP) is 0.640. The van der Waals surface area contributed by atoms with Gasteiger partial charge in [-0.2, -0.15) is 10.2 Å². The third-order valence-corrected chi connectivity index (χ3v) is 4.35. The molecule has 1 N–H and O–H groups in total. The Morgan fingerprint density at radius 1 is 1.30 bits per heavy atom. The second-order valence-electron chi connectivity index (χ2n) is 6.23. The first kappa shape index (κ1) is 17.0. The fourth-order valence-electron chi connectivity index (χ4n) is 2.77. The van der Waals surface area contributed by atoms with Gasteiger partial charge >= 0.3 is 6.09 Å². The summed E-state index contributed by atoms with van der Waals surface area (Å²) in [6.45, 7) is 1.74. The van der Waals surface area contributed by atoms with Gasteiger partial charge in [-0.3, -0.25) is 4.79 Å². The number of nitrogens with zero attached hydrogens (tertiary/aromatic N) is 6. The number of nitrogens with one attached hydrogen (secondary N) is 1. The van der Waals surface area contributed by atoms with Gasteiger partial charge in [0.25, 0.3) is 5.91 Å². The number of amides is 2. The van der Waals surface area contributed by atoms with Gasteiger partial charge in [0, 0.05) is 39.3 Å². The molecule has 3 aromatic rings. The molecule has 1 saturated heterocycles. The average molecular weight is 369 g/mol. The van der Waals surface area contributed by atoms with Crippen molar-refractivity contribution in [3.05, 3.63) is 42.0 Å². The Morgan fingerprint density at radius 3 is 2.89 bits per heavy atom. The van der Waals surface area contributed by atoms with Crippen molar-refractivity contribution in [3.63, 3.8) is 0 Å². The van der Waals surface area contributed by atoms with Crippen LogP contribution in [0.5, 0.6) is 5.88 Å². The molecule has 0 spiro atoms. The highest BCUT2D eigenvalue weighted by molar-refractivity contribution is 5.97. The molecule has 1 fully saturated rings. The zero-order valence-corrected chi connectivity index (χ0v) is 14.8. The number of ether oxygens (including phenoxy) is 1. The fourth-order valence-corrected chi connectivity index (χ4v) is 2.77. The summed E-state index contributed by atoms with van der Waals surface area (Å²) in [4.78, 5) is 30.5. The van der Waals surface area contributed by atoms with Crippen molar-refractivity contribution in [3.8, 4) is 5.88 Å². The Bertz CT molecular complexity index is 956. The van der Waals surface area contributed by atoms with E-state index in [9.17, 15) is 9.59 Å². The van der Waals surface area contributed by atoms with Gasteiger partial charge in [0.2, 0.25) is 5.88 Å². The van der Waals surface area contributed by atoms with Crippen LogP contribution in [0.4, 0.5) is 4.79 Å². The maximum absolute atomic E-state index is 12.4. The Balaban J connectivity index is 1.34. The van der Waals surface area contributed by atoms with Crippen LogP contribution in [0.25, 0.3) is 5.65 Å². The minimum atomic E-state index is -0.653. The molecule has 0 radical (unpaired) electrons. The van der Waals surface area contributed by atoms with E-state index in [1.165, 1.54) is 10.9 Å². The molecule has 1 aliphatic rings. The molecule has 0 aromatic carbocycles. The highest BCUT2D eigenvalue weighted by Gasteiger charge is 2.27. The number of carbonyl (C=O) groups is 2.